The summed E-state index contributed by atoms with van der Waals surface area (Å²) in [5.41, 5.74) is 3.60. The van der Waals surface area contributed by atoms with Crippen LogP contribution in [0.5, 0.6) is 5.75 Å². The fourth-order valence-corrected chi connectivity index (χ4v) is 10.4. The zero-order valence-electron chi connectivity index (χ0n) is 26.3. The van der Waals surface area contributed by atoms with Crippen LogP contribution in [0.15, 0.2) is 133 Å². The minimum atomic E-state index is -2.84. The van der Waals surface area contributed by atoms with Crippen molar-refractivity contribution in [2.75, 3.05) is 13.2 Å². The smallest absolute Gasteiger partial charge is 0.261 e. The molecule has 4 aromatic carbocycles. The highest BCUT2D eigenvalue weighted by Crippen LogP contribution is 2.37. The molecule has 0 saturated carbocycles. The van der Waals surface area contributed by atoms with E-state index in [0.717, 1.165) is 21.5 Å². The van der Waals surface area contributed by atoms with Gasteiger partial charge in [0.15, 0.2) is 11.6 Å². The predicted molar refractivity (Wildman–Crippen MR) is 186 cm³/mol. The standard InChI is InChI=1S/C39H43FO4Si/c1-29(28-44-45(39(2,3)4,33-16-10-6-11-17-33)34-18-12-7-13-19-34)35(24-25-41)37(42)23-21-32(31-14-8-5-9-15-31)26-30-20-22-38(43)36(40)27-30/h5-20,22,24,26-27,37,41-43H,1,21,23,25,28H2,2-4H3/b32-26-,35-24-. The zero-order valence-corrected chi connectivity index (χ0v) is 27.3. The molecule has 0 amide bonds. The van der Waals surface area contributed by atoms with Gasteiger partial charge in [-0.1, -0.05) is 137 Å². The Labute approximate surface area is 267 Å². The van der Waals surface area contributed by atoms with Crippen molar-refractivity contribution in [2.45, 2.75) is 44.8 Å². The summed E-state index contributed by atoms with van der Waals surface area (Å²) >= 11 is 0. The van der Waals surface area contributed by atoms with Gasteiger partial charge in [-0.05, 0) is 68.2 Å². The molecule has 0 fully saturated rings. The van der Waals surface area contributed by atoms with Crippen molar-refractivity contribution in [1.29, 1.82) is 0 Å². The molecular formula is C39H43FO4Si. The molecule has 3 N–H and O–H groups in total. The minimum Gasteiger partial charge on any atom is -0.505 e. The SMILES string of the molecule is C=C(CO[Si](c1ccccc1)(c1ccccc1)C(C)(C)C)/C(=C/CO)C(O)CC/C(=C/c1ccc(O)c(F)c1)c1ccccc1. The van der Waals surface area contributed by atoms with Crippen LogP contribution in [-0.4, -0.2) is 43.0 Å². The van der Waals surface area contributed by atoms with Crippen molar-refractivity contribution in [3.63, 3.8) is 0 Å². The van der Waals surface area contributed by atoms with Crippen molar-refractivity contribution in [2.24, 2.45) is 0 Å². The lowest BCUT2D eigenvalue weighted by atomic mass is 9.93. The fraction of sp³-hybridized carbons (Fsp3) is 0.231. The van der Waals surface area contributed by atoms with Gasteiger partial charge in [0.25, 0.3) is 8.32 Å². The average molecular weight is 623 g/mol. The second kappa shape index (κ2) is 15.3. The maximum atomic E-state index is 14.1. The molecule has 4 nitrogen and oxygen atoms in total. The van der Waals surface area contributed by atoms with Crippen molar-refractivity contribution in [3.05, 3.63) is 150 Å². The molecule has 0 aromatic heterocycles. The first-order chi connectivity index (χ1) is 21.6. The Balaban J connectivity index is 1.59. The normalized spacial score (nSPS) is 13.5. The molecule has 0 bridgehead atoms. The van der Waals surface area contributed by atoms with Crippen LogP contribution in [0, 0.1) is 5.82 Å². The summed E-state index contributed by atoms with van der Waals surface area (Å²) < 4.78 is 21.1. The third kappa shape index (κ3) is 8.15. The third-order valence-electron chi connectivity index (χ3n) is 8.10. The molecule has 0 heterocycles. The van der Waals surface area contributed by atoms with Gasteiger partial charge in [-0.15, -0.1) is 0 Å². The number of rotatable bonds is 13. The van der Waals surface area contributed by atoms with Crippen LogP contribution in [0.25, 0.3) is 11.6 Å². The van der Waals surface area contributed by atoms with E-state index in [-0.39, 0.29) is 18.3 Å². The number of benzene rings is 4. The van der Waals surface area contributed by atoms with Gasteiger partial charge in [0.1, 0.15) is 0 Å². The highest BCUT2D eigenvalue weighted by molar-refractivity contribution is 6.99. The van der Waals surface area contributed by atoms with Gasteiger partial charge in [-0.3, -0.25) is 0 Å². The van der Waals surface area contributed by atoms with E-state index in [1.807, 2.05) is 72.8 Å². The Morgan fingerprint density at radius 1 is 0.889 bits per heavy atom. The van der Waals surface area contributed by atoms with Gasteiger partial charge in [0.05, 0.1) is 19.3 Å². The molecule has 0 spiro atoms. The van der Waals surface area contributed by atoms with E-state index in [4.69, 9.17) is 4.43 Å². The van der Waals surface area contributed by atoms with Crippen molar-refractivity contribution < 1.29 is 24.1 Å². The largest absolute Gasteiger partial charge is 0.505 e. The zero-order chi connectivity index (χ0) is 32.5. The predicted octanol–water partition coefficient (Wildman–Crippen LogP) is 7.26. The lowest BCUT2D eigenvalue weighted by molar-refractivity contribution is 0.199. The number of allylic oxidation sites excluding steroid dienone is 1. The quantitative estimate of drug-likeness (QED) is 0.0834. The molecule has 1 unspecified atom stereocenters. The van der Waals surface area contributed by atoms with Crippen LogP contribution >= 0.6 is 0 Å². The molecule has 1 atom stereocenters. The number of aliphatic hydroxyl groups is 2. The number of phenolic OH excluding ortho intramolecular Hbond substituents is 1. The number of hydrogen-bond acceptors (Lipinski definition) is 4. The maximum absolute atomic E-state index is 14.1. The molecule has 4 aromatic rings. The van der Waals surface area contributed by atoms with Crippen LogP contribution in [0.2, 0.25) is 5.04 Å². The second-order valence-electron chi connectivity index (χ2n) is 12.2. The van der Waals surface area contributed by atoms with Gasteiger partial charge in [-0.25, -0.2) is 4.39 Å². The number of hydrogen-bond donors (Lipinski definition) is 3. The summed E-state index contributed by atoms with van der Waals surface area (Å²) in [6.45, 7) is 10.9. The Morgan fingerprint density at radius 3 is 1.96 bits per heavy atom. The van der Waals surface area contributed by atoms with Gasteiger partial charge < -0.3 is 19.7 Å². The Morgan fingerprint density at radius 2 is 1.44 bits per heavy atom. The first kappa shape index (κ1) is 33.8. The topological polar surface area (TPSA) is 69.9 Å². The highest BCUT2D eigenvalue weighted by Gasteiger charge is 2.50. The number of halogens is 1. The van der Waals surface area contributed by atoms with E-state index < -0.39 is 26.0 Å². The molecule has 4 rings (SSSR count). The van der Waals surface area contributed by atoms with E-state index in [1.54, 1.807) is 12.1 Å². The molecule has 6 heteroatoms. The van der Waals surface area contributed by atoms with Gasteiger partial charge in [-0.2, -0.15) is 0 Å². The van der Waals surface area contributed by atoms with Gasteiger partial charge in [0.2, 0.25) is 0 Å². The van der Waals surface area contributed by atoms with Gasteiger partial charge in [0, 0.05) is 0 Å². The number of aliphatic hydroxyl groups excluding tert-OH is 2. The monoisotopic (exact) mass is 622 g/mol. The summed E-state index contributed by atoms with van der Waals surface area (Å²) in [6.07, 6.45) is 3.35. The van der Waals surface area contributed by atoms with E-state index in [0.29, 0.717) is 29.6 Å². The summed E-state index contributed by atoms with van der Waals surface area (Å²) in [5, 5.41) is 33.1. The molecule has 0 aliphatic rings. The Kier molecular flexibility index (Phi) is 11.5. The lowest BCUT2D eigenvalue weighted by Crippen LogP contribution is -2.66. The van der Waals surface area contributed by atoms with Gasteiger partial charge >= 0.3 is 0 Å². The maximum Gasteiger partial charge on any atom is 0.261 e. The Hall–Kier alpha value is -4.07. The molecular weight excluding hydrogens is 580 g/mol. The number of phenols is 1. The van der Waals surface area contributed by atoms with Crippen LogP contribution in [0.3, 0.4) is 0 Å². The Bertz CT molecular complexity index is 1570. The van der Waals surface area contributed by atoms with E-state index in [1.165, 1.54) is 12.1 Å². The van der Waals surface area contributed by atoms with E-state index >= 15 is 0 Å². The summed E-state index contributed by atoms with van der Waals surface area (Å²) in [7, 11) is -2.84. The van der Waals surface area contributed by atoms with E-state index in [9.17, 15) is 19.7 Å². The fourth-order valence-electron chi connectivity index (χ4n) is 5.87. The molecule has 0 radical (unpaired) electrons. The van der Waals surface area contributed by atoms with Crippen molar-refractivity contribution in [3.8, 4) is 5.75 Å². The first-order valence-electron chi connectivity index (χ1n) is 15.2. The third-order valence-corrected chi connectivity index (χ3v) is 13.1. The summed E-state index contributed by atoms with van der Waals surface area (Å²) in [5.74, 6) is -1.09. The molecule has 0 aliphatic carbocycles. The average Bonchev–Trinajstić information content (AvgIpc) is 3.04. The van der Waals surface area contributed by atoms with Crippen LogP contribution in [0.1, 0.15) is 44.7 Å². The first-order valence-corrected chi connectivity index (χ1v) is 17.1. The summed E-state index contributed by atoms with van der Waals surface area (Å²) in [6, 6.07) is 34.7. The number of aromatic hydroxyl groups is 1. The van der Waals surface area contributed by atoms with Crippen LogP contribution in [0.4, 0.5) is 4.39 Å². The molecule has 234 valence electrons. The second-order valence-corrected chi connectivity index (χ2v) is 16.5. The lowest BCUT2D eigenvalue weighted by Gasteiger charge is -2.43. The minimum absolute atomic E-state index is 0.185. The van der Waals surface area contributed by atoms with E-state index in [2.05, 4.69) is 51.6 Å². The van der Waals surface area contributed by atoms with Crippen LogP contribution in [-0.2, 0) is 4.43 Å². The summed E-state index contributed by atoms with van der Waals surface area (Å²) in [4.78, 5) is 0. The highest BCUT2D eigenvalue weighted by atomic mass is 28.4. The van der Waals surface area contributed by atoms with Crippen molar-refractivity contribution in [1.82, 2.24) is 0 Å². The van der Waals surface area contributed by atoms with Crippen LogP contribution < -0.4 is 10.4 Å². The molecule has 0 saturated heterocycles. The molecule has 0 aliphatic heterocycles. The molecule has 45 heavy (non-hydrogen) atoms. The van der Waals surface area contributed by atoms with Crippen molar-refractivity contribution >= 4 is 30.3 Å².